The second-order valence-electron chi connectivity index (χ2n) is 5.11. The molecule has 0 saturated carbocycles. The van der Waals surface area contributed by atoms with Gasteiger partial charge in [-0.05, 0) is 30.7 Å². The molecule has 0 aliphatic carbocycles. The zero-order valence-corrected chi connectivity index (χ0v) is 15.4. The Morgan fingerprint density at radius 1 is 1.08 bits per heavy atom. The first-order chi connectivity index (χ1) is 11.3. The van der Waals surface area contributed by atoms with E-state index >= 15 is 0 Å². The van der Waals surface area contributed by atoms with Crippen LogP contribution in [-0.2, 0) is 0 Å². The van der Waals surface area contributed by atoms with Crippen LogP contribution in [0.25, 0.3) is 0 Å². The van der Waals surface area contributed by atoms with E-state index in [1.807, 2.05) is 31.2 Å². The second kappa shape index (κ2) is 7.97. The van der Waals surface area contributed by atoms with E-state index in [9.17, 15) is 4.79 Å². The van der Waals surface area contributed by atoms with Crippen LogP contribution in [0.15, 0.2) is 48.5 Å². The van der Waals surface area contributed by atoms with Gasteiger partial charge < -0.3 is 15.4 Å². The molecule has 1 atom stereocenters. The van der Waals surface area contributed by atoms with Gasteiger partial charge in [-0.2, -0.15) is 0 Å². The predicted octanol–water partition coefficient (Wildman–Crippen LogP) is 4.54. The minimum absolute atomic E-state index is 0.341. The highest BCUT2D eigenvalue weighted by Gasteiger charge is 2.35. The van der Waals surface area contributed by atoms with Crippen LogP contribution in [-0.4, -0.2) is 23.0 Å². The van der Waals surface area contributed by atoms with Crippen molar-refractivity contribution in [2.45, 2.75) is 16.9 Å². The average molecular weight is 388 g/mol. The summed E-state index contributed by atoms with van der Waals surface area (Å²) in [5.74, 6) is 0.230. The number of alkyl halides is 3. The Bertz CT molecular complexity index is 717. The Morgan fingerprint density at radius 2 is 1.71 bits per heavy atom. The van der Waals surface area contributed by atoms with Crippen molar-refractivity contribution in [2.24, 2.45) is 0 Å². The van der Waals surface area contributed by atoms with Crippen molar-refractivity contribution in [3.63, 3.8) is 0 Å². The van der Waals surface area contributed by atoms with Gasteiger partial charge in [0.15, 0.2) is 0 Å². The van der Waals surface area contributed by atoms with Gasteiger partial charge in [0.1, 0.15) is 11.9 Å². The molecular formula is C17H17Cl3N2O2. The van der Waals surface area contributed by atoms with Crippen LogP contribution in [0.3, 0.4) is 0 Å². The van der Waals surface area contributed by atoms with Crippen LogP contribution in [0, 0.1) is 6.92 Å². The van der Waals surface area contributed by atoms with E-state index in [0.29, 0.717) is 17.0 Å². The number of para-hydroxylation sites is 2. The number of nitrogens with one attached hydrogen (secondary N) is 2. The molecule has 0 aliphatic heterocycles. The number of ether oxygens (including phenoxy) is 1. The molecule has 2 rings (SSSR count). The van der Waals surface area contributed by atoms with Crippen LogP contribution in [0.4, 0.5) is 5.69 Å². The number of aryl methyl sites for hydroxylation is 1. The number of hydrogen-bond acceptors (Lipinski definition) is 3. The SMILES string of the molecule is COc1ccccc1N[C@H](NC(=O)c1ccccc1C)C(Cl)(Cl)Cl. The summed E-state index contributed by atoms with van der Waals surface area (Å²) in [5.41, 5.74) is 1.94. The summed E-state index contributed by atoms with van der Waals surface area (Å²) in [7, 11) is 1.54. The minimum Gasteiger partial charge on any atom is -0.495 e. The van der Waals surface area contributed by atoms with Gasteiger partial charge in [0.25, 0.3) is 5.91 Å². The number of methoxy groups -OCH3 is 1. The van der Waals surface area contributed by atoms with Crippen LogP contribution in [0.5, 0.6) is 5.75 Å². The van der Waals surface area contributed by atoms with Gasteiger partial charge in [0, 0.05) is 5.56 Å². The molecule has 0 unspecified atom stereocenters. The first kappa shape index (κ1) is 18.7. The van der Waals surface area contributed by atoms with E-state index in [1.54, 1.807) is 24.3 Å². The topological polar surface area (TPSA) is 50.4 Å². The molecule has 0 fully saturated rings. The summed E-state index contributed by atoms with van der Waals surface area (Å²) >= 11 is 18.1. The lowest BCUT2D eigenvalue weighted by Crippen LogP contribution is -2.49. The van der Waals surface area contributed by atoms with E-state index in [4.69, 9.17) is 39.5 Å². The van der Waals surface area contributed by atoms with Crippen molar-refractivity contribution in [3.05, 3.63) is 59.7 Å². The monoisotopic (exact) mass is 386 g/mol. The van der Waals surface area contributed by atoms with Crippen LogP contribution in [0.2, 0.25) is 0 Å². The van der Waals surface area contributed by atoms with E-state index in [0.717, 1.165) is 5.56 Å². The lowest BCUT2D eigenvalue weighted by molar-refractivity contribution is 0.0941. The molecule has 0 radical (unpaired) electrons. The van der Waals surface area contributed by atoms with Gasteiger partial charge in [-0.1, -0.05) is 65.1 Å². The predicted molar refractivity (Wildman–Crippen MR) is 99.3 cm³/mol. The summed E-state index contributed by atoms with van der Waals surface area (Å²) in [6.45, 7) is 1.84. The zero-order valence-electron chi connectivity index (χ0n) is 13.1. The molecule has 0 bridgehead atoms. The van der Waals surface area contributed by atoms with Crippen LogP contribution in [0.1, 0.15) is 15.9 Å². The summed E-state index contributed by atoms with van der Waals surface area (Å²) < 4.78 is 3.50. The number of carbonyl (C=O) groups excluding carboxylic acids is 1. The molecule has 0 aliphatic rings. The number of anilines is 1. The highest BCUT2D eigenvalue weighted by Crippen LogP contribution is 2.33. The van der Waals surface area contributed by atoms with Crippen molar-refractivity contribution >= 4 is 46.4 Å². The molecule has 2 aromatic rings. The zero-order chi connectivity index (χ0) is 17.7. The van der Waals surface area contributed by atoms with E-state index in [2.05, 4.69) is 10.6 Å². The fourth-order valence-corrected chi connectivity index (χ4v) is 2.48. The third-order valence-corrected chi connectivity index (χ3v) is 4.05. The first-order valence-electron chi connectivity index (χ1n) is 7.15. The molecule has 1 amide bonds. The van der Waals surface area contributed by atoms with Crippen molar-refractivity contribution in [1.82, 2.24) is 5.32 Å². The first-order valence-corrected chi connectivity index (χ1v) is 8.29. The smallest absolute Gasteiger partial charge is 0.253 e. The highest BCUT2D eigenvalue weighted by molar-refractivity contribution is 6.68. The Balaban J connectivity index is 2.24. The van der Waals surface area contributed by atoms with Crippen LogP contribution < -0.4 is 15.4 Å². The molecule has 0 heterocycles. The molecule has 0 aromatic heterocycles. The normalized spacial score (nSPS) is 12.4. The largest absolute Gasteiger partial charge is 0.495 e. The maximum Gasteiger partial charge on any atom is 0.253 e. The van der Waals surface area contributed by atoms with Crippen molar-refractivity contribution in [2.75, 3.05) is 12.4 Å². The molecular weight excluding hydrogens is 371 g/mol. The molecule has 128 valence electrons. The maximum absolute atomic E-state index is 12.5. The lowest BCUT2D eigenvalue weighted by Gasteiger charge is -2.28. The van der Waals surface area contributed by atoms with Gasteiger partial charge in [-0.25, -0.2) is 0 Å². The average Bonchev–Trinajstić information content (AvgIpc) is 2.54. The quantitative estimate of drug-likeness (QED) is 0.585. The molecule has 24 heavy (non-hydrogen) atoms. The van der Waals surface area contributed by atoms with Gasteiger partial charge >= 0.3 is 0 Å². The Kier molecular flexibility index (Phi) is 6.21. The lowest BCUT2D eigenvalue weighted by atomic mass is 10.1. The van der Waals surface area contributed by atoms with E-state index in [-0.39, 0.29) is 5.91 Å². The standard InChI is InChI=1S/C17H17Cl3N2O2/c1-11-7-3-4-8-12(11)15(23)22-16(17(18,19)20)21-13-9-5-6-10-14(13)24-2/h3-10,16,21H,1-2H3,(H,22,23)/t16-/m1/s1. The second-order valence-corrected chi connectivity index (χ2v) is 7.48. The van der Waals surface area contributed by atoms with Gasteiger partial charge in [0.2, 0.25) is 3.79 Å². The fourth-order valence-electron chi connectivity index (χ4n) is 2.16. The van der Waals surface area contributed by atoms with Gasteiger partial charge in [0.05, 0.1) is 12.8 Å². The van der Waals surface area contributed by atoms with Crippen LogP contribution >= 0.6 is 34.8 Å². The maximum atomic E-state index is 12.5. The number of hydrogen-bond donors (Lipinski definition) is 2. The summed E-state index contributed by atoms with van der Waals surface area (Å²) in [6, 6.07) is 14.3. The Morgan fingerprint density at radius 3 is 2.33 bits per heavy atom. The van der Waals surface area contributed by atoms with Crippen molar-refractivity contribution < 1.29 is 9.53 Å². The molecule has 0 spiro atoms. The Hall–Kier alpha value is -1.62. The summed E-state index contributed by atoms with van der Waals surface area (Å²) in [5, 5.41) is 5.72. The number of carbonyl (C=O) groups is 1. The molecule has 7 heteroatoms. The Labute approximate surface area is 156 Å². The molecule has 0 saturated heterocycles. The van der Waals surface area contributed by atoms with E-state index in [1.165, 1.54) is 7.11 Å². The molecule has 2 N–H and O–H groups in total. The van der Waals surface area contributed by atoms with E-state index < -0.39 is 9.96 Å². The minimum atomic E-state index is -1.76. The van der Waals surface area contributed by atoms with Gasteiger partial charge in [-0.15, -0.1) is 0 Å². The van der Waals surface area contributed by atoms with Gasteiger partial charge in [-0.3, -0.25) is 4.79 Å². The fraction of sp³-hybridized carbons (Fsp3) is 0.235. The van der Waals surface area contributed by atoms with Crippen molar-refractivity contribution in [1.29, 1.82) is 0 Å². The highest BCUT2D eigenvalue weighted by atomic mass is 35.6. The van der Waals surface area contributed by atoms with Crippen molar-refractivity contribution in [3.8, 4) is 5.75 Å². The number of amides is 1. The molecule has 2 aromatic carbocycles. The molecule has 4 nitrogen and oxygen atoms in total. The number of halogens is 3. The summed E-state index contributed by atoms with van der Waals surface area (Å²) in [6.07, 6.45) is -0.953. The number of rotatable bonds is 5. The summed E-state index contributed by atoms with van der Waals surface area (Å²) in [4.78, 5) is 12.5. The third-order valence-electron chi connectivity index (χ3n) is 3.40. The third kappa shape index (κ3) is 4.69. The number of benzene rings is 2.